The van der Waals surface area contributed by atoms with E-state index in [9.17, 15) is 0 Å². The van der Waals surface area contributed by atoms with Crippen molar-refractivity contribution >= 4 is 58.0 Å². The van der Waals surface area contributed by atoms with Gasteiger partial charge >= 0.3 is 0 Å². The molecular formula is C10H7Cl5. The molecule has 0 heterocycles. The zero-order valence-electron chi connectivity index (χ0n) is 7.54. The lowest BCUT2D eigenvalue weighted by atomic mass is 9.81. The van der Waals surface area contributed by atoms with Crippen LogP contribution in [0.2, 0.25) is 0 Å². The number of allylic oxidation sites excluding steroid dienone is 4. The zero-order chi connectivity index (χ0) is 11.0. The van der Waals surface area contributed by atoms with Crippen molar-refractivity contribution in [1.29, 1.82) is 0 Å². The minimum atomic E-state index is -0.838. The van der Waals surface area contributed by atoms with Crippen LogP contribution in [-0.2, 0) is 0 Å². The molecule has 3 rings (SSSR count). The first kappa shape index (κ1) is 11.0. The van der Waals surface area contributed by atoms with Gasteiger partial charge in [-0.1, -0.05) is 46.4 Å². The minimum absolute atomic E-state index is 0.187. The van der Waals surface area contributed by atoms with E-state index in [-0.39, 0.29) is 17.8 Å². The van der Waals surface area contributed by atoms with Crippen LogP contribution in [0.4, 0.5) is 0 Å². The molecule has 0 aromatic rings. The van der Waals surface area contributed by atoms with E-state index in [1.54, 1.807) is 0 Å². The Morgan fingerprint density at radius 2 is 1.53 bits per heavy atom. The third-order valence-corrected chi connectivity index (χ3v) is 6.80. The monoisotopic (exact) mass is 302 g/mol. The molecule has 3 aliphatic carbocycles. The van der Waals surface area contributed by atoms with Crippen molar-refractivity contribution in [3.8, 4) is 0 Å². The predicted octanol–water partition coefficient (Wildman–Crippen LogP) is 5.01. The maximum absolute atomic E-state index is 6.54. The highest BCUT2D eigenvalue weighted by molar-refractivity contribution is 6.53. The summed E-state index contributed by atoms with van der Waals surface area (Å²) in [7, 11) is 0. The van der Waals surface area contributed by atoms with Crippen molar-refractivity contribution in [2.75, 3.05) is 0 Å². The molecule has 0 N–H and O–H groups in total. The average molecular weight is 304 g/mol. The molecule has 5 heteroatoms. The van der Waals surface area contributed by atoms with Gasteiger partial charge in [0.2, 0.25) is 0 Å². The van der Waals surface area contributed by atoms with Gasteiger partial charge in [0, 0.05) is 21.9 Å². The van der Waals surface area contributed by atoms with Crippen LogP contribution in [0, 0.1) is 17.8 Å². The summed E-state index contributed by atoms with van der Waals surface area (Å²) in [5.41, 5.74) is 0. The van der Waals surface area contributed by atoms with Crippen LogP contribution in [0.3, 0.4) is 0 Å². The van der Waals surface area contributed by atoms with Crippen LogP contribution < -0.4 is 0 Å². The van der Waals surface area contributed by atoms with Crippen molar-refractivity contribution < 1.29 is 0 Å². The van der Waals surface area contributed by atoms with Gasteiger partial charge in [-0.3, -0.25) is 0 Å². The Labute approximate surface area is 113 Å². The molecule has 1 fully saturated rings. The van der Waals surface area contributed by atoms with Crippen molar-refractivity contribution in [3.05, 3.63) is 20.1 Å². The SMILES string of the molecule is ClC1=C(Cl)C2(Cl)C(Cl)=C(Cl)C3C1CCC32. The molecule has 82 valence electrons. The lowest BCUT2D eigenvalue weighted by Gasteiger charge is -2.34. The van der Waals surface area contributed by atoms with E-state index in [0.29, 0.717) is 20.1 Å². The second-order valence-electron chi connectivity index (χ2n) is 4.35. The van der Waals surface area contributed by atoms with Gasteiger partial charge in [-0.15, -0.1) is 11.6 Å². The van der Waals surface area contributed by atoms with Crippen molar-refractivity contribution in [3.63, 3.8) is 0 Å². The molecule has 1 saturated carbocycles. The summed E-state index contributed by atoms with van der Waals surface area (Å²) in [4.78, 5) is -0.838. The number of halogens is 5. The Balaban J connectivity index is 2.29. The summed E-state index contributed by atoms with van der Waals surface area (Å²) < 4.78 is 0. The number of alkyl halides is 1. The largest absolute Gasteiger partial charge is 0.121 e. The molecule has 4 unspecified atom stereocenters. The second kappa shape index (κ2) is 3.23. The highest BCUT2D eigenvalue weighted by Crippen LogP contribution is 2.69. The van der Waals surface area contributed by atoms with Crippen LogP contribution >= 0.6 is 58.0 Å². The molecule has 4 bridgehead atoms. The Kier molecular flexibility index (Phi) is 2.38. The lowest BCUT2D eigenvalue weighted by Crippen LogP contribution is -2.35. The summed E-state index contributed by atoms with van der Waals surface area (Å²) >= 11 is 31.4. The maximum Gasteiger partial charge on any atom is 0.121 e. The van der Waals surface area contributed by atoms with Gasteiger partial charge in [-0.25, -0.2) is 0 Å². The Morgan fingerprint density at radius 1 is 0.933 bits per heavy atom. The standard InChI is InChI=1S/C10H7Cl5/c11-6-3-1-2-4-5(3)7(12)9(14)10(4,15)8(6)13/h3-5H,1-2H2. The number of hydrogen-bond donors (Lipinski definition) is 0. The van der Waals surface area contributed by atoms with Crippen molar-refractivity contribution in [2.45, 2.75) is 17.7 Å². The van der Waals surface area contributed by atoms with Gasteiger partial charge in [0.05, 0.1) is 10.1 Å². The van der Waals surface area contributed by atoms with E-state index in [2.05, 4.69) is 0 Å². The van der Waals surface area contributed by atoms with Crippen LogP contribution in [-0.4, -0.2) is 4.87 Å². The summed E-state index contributed by atoms with van der Waals surface area (Å²) in [5.74, 6) is 0.630. The molecule has 0 radical (unpaired) electrons. The molecule has 15 heavy (non-hydrogen) atoms. The summed E-state index contributed by atoms with van der Waals surface area (Å²) in [6.45, 7) is 0. The van der Waals surface area contributed by atoms with Gasteiger partial charge in [0.25, 0.3) is 0 Å². The van der Waals surface area contributed by atoms with E-state index < -0.39 is 4.87 Å². The third kappa shape index (κ3) is 1.09. The first-order chi connectivity index (χ1) is 6.99. The summed E-state index contributed by atoms with van der Waals surface area (Å²) in [6, 6.07) is 0. The van der Waals surface area contributed by atoms with Crippen LogP contribution in [0.1, 0.15) is 12.8 Å². The lowest BCUT2D eigenvalue weighted by molar-refractivity contribution is 0.386. The van der Waals surface area contributed by atoms with Crippen molar-refractivity contribution in [2.24, 2.45) is 17.8 Å². The molecule has 0 aromatic heterocycles. The average Bonchev–Trinajstić information content (AvgIpc) is 2.69. The van der Waals surface area contributed by atoms with Crippen LogP contribution in [0.5, 0.6) is 0 Å². The topological polar surface area (TPSA) is 0 Å². The Morgan fingerprint density at radius 3 is 2.20 bits per heavy atom. The highest BCUT2D eigenvalue weighted by atomic mass is 35.5. The molecule has 0 amide bonds. The molecule has 3 aliphatic rings. The Bertz CT molecular complexity index is 410. The fourth-order valence-corrected chi connectivity index (χ4v) is 5.34. The van der Waals surface area contributed by atoms with Gasteiger partial charge in [0.1, 0.15) is 4.87 Å². The maximum atomic E-state index is 6.54. The smallest absolute Gasteiger partial charge is 0.106 e. The van der Waals surface area contributed by atoms with Gasteiger partial charge < -0.3 is 0 Å². The van der Waals surface area contributed by atoms with Gasteiger partial charge in [0.15, 0.2) is 0 Å². The second-order valence-corrected chi connectivity index (χ2v) is 6.52. The fraction of sp³-hybridized carbons (Fsp3) is 0.600. The van der Waals surface area contributed by atoms with E-state index in [0.717, 1.165) is 12.8 Å². The molecule has 4 atom stereocenters. The molecular weight excluding hydrogens is 297 g/mol. The van der Waals surface area contributed by atoms with E-state index >= 15 is 0 Å². The number of rotatable bonds is 0. The van der Waals surface area contributed by atoms with E-state index in [1.807, 2.05) is 0 Å². The normalized spacial score (nSPS) is 48.2. The number of hydrogen-bond acceptors (Lipinski definition) is 0. The van der Waals surface area contributed by atoms with Crippen molar-refractivity contribution in [1.82, 2.24) is 0 Å². The first-order valence-corrected chi connectivity index (χ1v) is 6.68. The molecule has 0 spiro atoms. The predicted molar refractivity (Wildman–Crippen MR) is 65.8 cm³/mol. The third-order valence-electron chi connectivity index (χ3n) is 3.84. The highest BCUT2D eigenvalue weighted by Gasteiger charge is 2.63. The van der Waals surface area contributed by atoms with Gasteiger partial charge in [-0.05, 0) is 18.8 Å². The fourth-order valence-electron chi connectivity index (χ4n) is 3.16. The molecule has 0 nitrogen and oxygen atoms in total. The van der Waals surface area contributed by atoms with E-state index in [1.165, 1.54) is 0 Å². The molecule has 0 aromatic carbocycles. The quantitative estimate of drug-likeness (QED) is 0.552. The van der Waals surface area contributed by atoms with Gasteiger partial charge in [-0.2, -0.15) is 0 Å². The molecule has 0 aliphatic heterocycles. The van der Waals surface area contributed by atoms with Crippen LogP contribution in [0.15, 0.2) is 20.1 Å². The van der Waals surface area contributed by atoms with E-state index in [4.69, 9.17) is 58.0 Å². The summed E-state index contributed by atoms with van der Waals surface area (Å²) in [6.07, 6.45) is 1.98. The zero-order valence-corrected chi connectivity index (χ0v) is 11.3. The Hall–Kier alpha value is 0.930. The first-order valence-electron chi connectivity index (χ1n) is 4.79. The summed E-state index contributed by atoms with van der Waals surface area (Å²) in [5, 5.41) is 2.27. The minimum Gasteiger partial charge on any atom is -0.106 e. The van der Waals surface area contributed by atoms with Crippen LogP contribution in [0.25, 0.3) is 0 Å². The molecule has 0 saturated heterocycles.